The van der Waals surface area contributed by atoms with E-state index in [1.165, 1.54) is 0 Å². The first-order chi connectivity index (χ1) is 7.09. The minimum absolute atomic E-state index is 0.0143. The summed E-state index contributed by atoms with van der Waals surface area (Å²) >= 11 is 0. The molecule has 4 nitrogen and oxygen atoms in total. The predicted molar refractivity (Wildman–Crippen MR) is 59.7 cm³/mol. The van der Waals surface area contributed by atoms with Gasteiger partial charge < -0.3 is 10.1 Å². The molecule has 0 bridgehead atoms. The molecule has 1 fully saturated rings. The van der Waals surface area contributed by atoms with Crippen molar-refractivity contribution in [3.63, 3.8) is 0 Å². The van der Waals surface area contributed by atoms with Crippen LogP contribution in [0.3, 0.4) is 0 Å². The summed E-state index contributed by atoms with van der Waals surface area (Å²) in [4.78, 5) is 13.7. The minimum Gasteiger partial charge on any atom is -0.461 e. The molecule has 0 aromatic rings. The zero-order chi connectivity index (χ0) is 11.3. The Morgan fingerprint density at radius 2 is 1.93 bits per heavy atom. The van der Waals surface area contributed by atoms with Crippen LogP contribution < -0.4 is 5.32 Å². The highest BCUT2D eigenvalue weighted by Crippen LogP contribution is 2.06. The fourth-order valence-corrected chi connectivity index (χ4v) is 1.43. The van der Waals surface area contributed by atoms with E-state index in [0.29, 0.717) is 12.5 Å². The molecular weight excluding hydrogens is 192 g/mol. The van der Waals surface area contributed by atoms with Gasteiger partial charge in [-0.1, -0.05) is 13.8 Å². The maximum Gasteiger partial charge on any atom is 0.320 e. The van der Waals surface area contributed by atoms with Crippen LogP contribution >= 0.6 is 0 Å². The summed E-state index contributed by atoms with van der Waals surface area (Å²) in [7, 11) is 0. The number of ether oxygens (including phenoxy) is 1. The Balaban J connectivity index is 2.22. The highest BCUT2D eigenvalue weighted by Gasteiger charge is 2.17. The van der Waals surface area contributed by atoms with E-state index in [9.17, 15) is 4.79 Å². The van der Waals surface area contributed by atoms with E-state index in [-0.39, 0.29) is 12.1 Å². The van der Waals surface area contributed by atoms with Crippen molar-refractivity contribution >= 4 is 5.97 Å². The lowest BCUT2D eigenvalue weighted by atomic mass is 10.1. The quantitative estimate of drug-likeness (QED) is 0.691. The van der Waals surface area contributed by atoms with E-state index < -0.39 is 0 Å². The first-order valence-electron chi connectivity index (χ1n) is 5.72. The van der Waals surface area contributed by atoms with Crippen molar-refractivity contribution in [2.75, 3.05) is 32.7 Å². The standard InChI is InChI=1S/C11H22N2O2/c1-9(2)10(3)15-11(14)8-13-6-4-12-5-7-13/h9-10,12H,4-8H2,1-3H3. The number of nitrogens with zero attached hydrogens (tertiary/aromatic N) is 1. The van der Waals surface area contributed by atoms with Crippen LogP contribution in [0.15, 0.2) is 0 Å². The molecule has 1 heterocycles. The number of hydrogen-bond acceptors (Lipinski definition) is 4. The second kappa shape index (κ2) is 6.08. The van der Waals surface area contributed by atoms with Crippen LogP contribution in [0.5, 0.6) is 0 Å². The largest absolute Gasteiger partial charge is 0.461 e. The molecule has 1 aliphatic rings. The van der Waals surface area contributed by atoms with Crippen molar-refractivity contribution in [3.05, 3.63) is 0 Å². The molecule has 0 aromatic heterocycles. The van der Waals surface area contributed by atoms with E-state index in [2.05, 4.69) is 24.1 Å². The summed E-state index contributed by atoms with van der Waals surface area (Å²) in [6.45, 7) is 10.3. The van der Waals surface area contributed by atoms with Crippen LogP contribution in [0.1, 0.15) is 20.8 Å². The molecule has 0 radical (unpaired) electrons. The maximum atomic E-state index is 11.5. The Morgan fingerprint density at radius 1 is 1.33 bits per heavy atom. The van der Waals surface area contributed by atoms with Gasteiger partial charge in [0.1, 0.15) is 6.10 Å². The topological polar surface area (TPSA) is 41.6 Å². The fraction of sp³-hybridized carbons (Fsp3) is 0.909. The Hall–Kier alpha value is -0.610. The van der Waals surface area contributed by atoms with E-state index in [1.807, 2.05) is 6.92 Å². The lowest BCUT2D eigenvalue weighted by Crippen LogP contribution is -2.46. The van der Waals surface area contributed by atoms with Crippen molar-refractivity contribution in [1.29, 1.82) is 0 Å². The molecule has 1 unspecified atom stereocenters. The molecule has 1 atom stereocenters. The molecule has 1 aliphatic heterocycles. The zero-order valence-corrected chi connectivity index (χ0v) is 9.95. The van der Waals surface area contributed by atoms with Crippen molar-refractivity contribution in [3.8, 4) is 0 Å². The highest BCUT2D eigenvalue weighted by atomic mass is 16.5. The number of carbonyl (C=O) groups is 1. The third kappa shape index (κ3) is 4.62. The highest BCUT2D eigenvalue weighted by molar-refractivity contribution is 5.71. The van der Waals surface area contributed by atoms with Crippen LogP contribution in [0.2, 0.25) is 0 Å². The van der Waals surface area contributed by atoms with E-state index >= 15 is 0 Å². The molecule has 15 heavy (non-hydrogen) atoms. The molecule has 0 aliphatic carbocycles. The van der Waals surface area contributed by atoms with Gasteiger partial charge in [0.05, 0.1) is 6.54 Å². The second-order valence-electron chi connectivity index (χ2n) is 4.47. The molecule has 4 heteroatoms. The van der Waals surface area contributed by atoms with Gasteiger partial charge in [-0.2, -0.15) is 0 Å². The third-order valence-corrected chi connectivity index (χ3v) is 2.82. The lowest BCUT2D eigenvalue weighted by Gasteiger charge is -2.27. The number of esters is 1. The SMILES string of the molecule is CC(C)C(C)OC(=O)CN1CCNCC1. The van der Waals surface area contributed by atoms with Crippen LogP contribution in [-0.2, 0) is 9.53 Å². The molecule has 0 aromatic carbocycles. The van der Waals surface area contributed by atoms with Crippen LogP contribution in [0.4, 0.5) is 0 Å². The van der Waals surface area contributed by atoms with E-state index in [4.69, 9.17) is 4.74 Å². The van der Waals surface area contributed by atoms with Gasteiger partial charge in [-0.05, 0) is 12.8 Å². The minimum atomic E-state index is -0.0990. The smallest absolute Gasteiger partial charge is 0.320 e. The maximum absolute atomic E-state index is 11.5. The number of carbonyl (C=O) groups excluding carboxylic acids is 1. The predicted octanol–water partition coefficient (Wildman–Crippen LogP) is 0.479. The van der Waals surface area contributed by atoms with Gasteiger partial charge in [0.2, 0.25) is 0 Å². The molecule has 1 rings (SSSR count). The molecule has 88 valence electrons. The Bertz CT molecular complexity index is 201. The molecule has 1 saturated heterocycles. The third-order valence-electron chi connectivity index (χ3n) is 2.82. The Kier molecular flexibility index (Phi) is 5.05. The Labute approximate surface area is 92.0 Å². The van der Waals surface area contributed by atoms with Crippen LogP contribution in [0.25, 0.3) is 0 Å². The van der Waals surface area contributed by atoms with Gasteiger partial charge in [0.25, 0.3) is 0 Å². The summed E-state index contributed by atoms with van der Waals surface area (Å²) < 4.78 is 5.31. The molecule has 0 amide bonds. The monoisotopic (exact) mass is 214 g/mol. The van der Waals surface area contributed by atoms with Gasteiger partial charge in [0.15, 0.2) is 0 Å². The first-order valence-corrected chi connectivity index (χ1v) is 5.72. The Morgan fingerprint density at radius 3 is 2.47 bits per heavy atom. The lowest BCUT2D eigenvalue weighted by molar-refractivity contribution is -0.151. The zero-order valence-electron chi connectivity index (χ0n) is 9.95. The average molecular weight is 214 g/mol. The van der Waals surface area contributed by atoms with Crippen molar-refractivity contribution in [2.24, 2.45) is 5.92 Å². The van der Waals surface area contributed by atoms with Crippen molar-refractivity contribution in [2.45, 2.75) is 26.9 Å². The van der Waals surface area contributed by atoms with Gasteiger partial charge in [-0.25, -0.2) is 0 Å². The molecular formula is C11H22N2O2. The summed E-state index contributed by atoms with van der Waals surface area (Å²) in [6.07, 6.45) is 0.0143. The van der Waals surface area contributed by atoms with Crippen LogP contribution in [0, 0.1) is 5.92 Å². The number of hydrogen-bond donors (Lipinski definition) is 1. The number of piperazine rings is 1. The van der Waals surface area contributed by atoms with Crippen LogP contribution in [-0.4, -0.2) is 49.7 Å². The summed E-state index contributed by atoms with van der Waals surface area (Å²) in [5, 5.41) is 3.25. The summed E-state index contributed by atoms with van der Waals surface area (Å²) in [5.41, 5.74) is 0. The molecule has 0 saturated carbocycles. The summed E-state index contributed by atoms with van der Waals surface area (Å²) in [6, 6.07) is 0. The van der Waals surface area contributed by atoms with Gasteiger partial charge in [-0.3, -0.25) is 9.69 Å². The van der Waals surface area contributed by atoms with E-state index in [1.54, 1.807) is 0 Å². The molecule has 1 N–H and O–H groups in total. The van der Waals surface area contributed by atoms with E-state index in [0.717, 1.165) is 26.2 Å². The van der Waals surface area contributed by atoms with Gasteiger partial charge >= 0.3 is 5.97 Å². The first kappa shape index (κ1) is 12.5. The molecule has 0 spiro atoms. The van der Waals surface area contributed by atoms with Crippen molar-refractivity contribution < 1.29 is 9.53 Å². The number of rotatable bonds is 4. The van der Waals surface area contributed by atoms with Gasteiger partial charge in [-0.15, -0.1) is 0 Å². The van der Waals surface area contributed by atoms with Gasteiger partial charge in [0, 0.05) is 26.2 Å². The fourth-order valence-electron chi connectivity index (χ4n) is 1.43. The number of nitrogens with one attached hydrogen (secondary N) is 1. The van der Waals surface area contributed by atoms with Crippen molar-refractivity contribution in [1.82, 2.24) is 10.2 Å². The second-order valence-corrected chi connectivity index (χ2v) is 4.47. The summed E-state index contributed by atoms with van der Waals surface area (Å²) in [5.74, 6) is 0.287. The average Bonchev–Trinajstić information content (AvgIpc) is 2.18. The normalized spacial score (nSPS) is 20.3.